The molecule has 0 aliphatic carbocycles. The third kappa shape index (κ3) is 3.49. The minimum Gasteiger partial charge on any atom is -0.325 e. The molecule has 1 aromatic heterocycles. The molecule has 2 rings (SSSR count). The Morgan fingerprint density at radius 3 is 2.53 bits per heavy atom. The van der Waals surface area contributed by atoms with Crippen LogP contribution in [0.25, 0.3) is 0 Å². The van der Waals surface area contributed by atoms with E-state index in [9.17, 15) is 4.79 Å². The molecule has 4 heteroatoms. The van der Waals surface area contributed by atoms with Crippen molar-refractivity contribution in [1.82, 2.24) is 4.98 Å². The molecule has 19 heavy (non-hydrogen) atoms. The number of benzene rings is 1. The van der Waals surface area contributed by atoms with E-state index in [2.05, 4.69) is 31.0 Å². The van der Waals surface area contributed by atoms with Crippen molar-refractivity contribution < 1.29 is 4.79 Å². The summed E-state index contributed by atoms with van der Waals surface area (Å²) in [5.41, 5.74) is 8.34. The molecule has 100 valence electrons. The zero-order chi connectivity index (χ0) is 13.8. The maximum atomic E-state index is 12.1. The Morgan fingerprint density at radius 2 is 2.00 bits per heavy atom. The van der Waals surface area contributed by atoms with E-state index in [4.69, 9.17) is 5.73 Å². The topological polar surface area (TPSA) is 56.0 Å². The van der Waals surface area contributed by atoms with Crippen molar-refractivity contribution >= 4 is 17.1 Å². The fraction of sp³-hybridized carbons (Fsp3) is 0.333. The molecular weight excluding hydrogens is 256 g/mol. The molecule has 1 heterocycles. The van der Waals surface area contributed by atoms with E-state index < -0.39 is 0 Å². The molecule has 0 bridgehead atoms. The van der Waals surface area contributed by atoms with Gasteiger partial charge in [0.25, 0.3) is 0 Å². The molecule has 1 aromatic carbocycles. The lowest BCUT2D eigenvalue weighted by Gasteiger charge is -2.06. The summed E-state index contributed by atoms with van der Waals surface area (Å²) < 4.78 is 0. The first-order valence-electron chi connectivity index (χ1n) is 6.36. The minimum atomic E-state index is 0.0493. The van der Waals surface area contributed by atoms with Crippen LogP contribution < -0.4 is 5.73 Å². The van der Waals surface area contributed by atoms with Crippen LogP contribution in [-0.4, -0.2) is 10.8 Å². The zero-order valence-electron chi connectivity index (χ0n) is 11.2. The summed E-state index contributed by atoms with van der Waals surface area (Å²) in [7, 11) is 0. The molecule has 0 radical (unpaired) electrons. The highest BCUT2D eigenvalue weighted by Crippen LogP contribution is 2.16. The Balaban J connectivity index is 2.06. The highest BCUT2D eigenvalue weighted by Gasteiger charge is 2.11. The van der Waals surface area contributed by atoms with Gasteiger partial charge in [0.2, 0.25) is 0 Å². The zero-order valence-corrected chi connectivity index (χ0v) is 12.0. The van der Waals surface area contributed by atoms with E-state index in [0.29, 0.717) is 24.6 Å². The third-order valence-corrected chi connectivity index (χ3v) is 3.89. The second-order valence-corrected chi connectivity index (χ2v) is 5.77. The summed E-state index contributed by atoms with van der Waals surface area (Å²) in [5.74, 6) is 0.559. The SMILES string of the molecule is CC(C)c1ccc(CC(=O)c2csc(CN)n2)cc1. The van der Waals surface area contributed by atoms with Crippen molar-refractivity contribution in [3.63, 3.8) is 0 Å². The first-order valence-corrected chi connectivity index (χ1v) is 7.24. The van der Waals surface area contributed by atoms with E-state index >= 15 is 0 Å². The third-order valence-electron chi connectivity index (χ3n) is 3.02. The number of aromatic nitrogens is 1. The van der Waals surface area contributed by atoms with Gasteiger partial charge >= 0.3 is 0 Å². The van der Waals surface area contributed by atoms with Crippen molar-refractivity contribution in [1.29, 1.82) is 0 Å². The number of hydrogen-bond donors (Lipinski definition) is 1. The molecule has 0 saturated heterocycles. The van der Waals surface area contributed by atoms with Gasteiger partial charge in [0.15, 0.2) is 5.78 Å². The van der Waals surface area contributed by atoms with Crippen molar-refractivity contribution in [2.75, 3.05) is 0 Å². The molecule has 2 N–H and O–H groups in total. The van der Waals surface area contributed by atoms with Crippen molar-refractivity contribution in [2.24, 2.45) is 5.73 Å². The summed E-state index contributed by atoms with van der Waals surface area (Å²) in [6.45, 7) is 4.70. The molecule has 0 fully saturated rings. The number of Topliss-reactive ketones (excluding diaryl/α,β-unsaturated/α-hetero) is 1. The summed E-state index contributed by atoms with van der Waals surface area (Å²) in [5, 5.41) is 2.59. The number of carbonyl (C=O) groups is 1. The molecule has 0 unspecified atom stereocenters. The van der Waals surface area contributed by atoms with Gasteiger partial charge in [-0.05, 0) is 17.0 Å². The standard InChI is InChI=1S/C15H18N2OS/c1-10(2)12-5-3-11(4-6-12)7-14(18)13-9-19-15(8-16)17-13/h3-6,9-10H,7-8,16H2,1-2H3. The van der Waals surface area contributed by atoms with Crippen LogP contribution in [-0.2, 0) is 13.0 Å². The Kier molecular flexibility index (Phi) is 4.45. The lowest BCUT2D eigenvalue weighted by Crippen LogP contribution is -2.05. The normalized spacial score (nSPS) is 10.9. The average Bonchev–Trinajstić information content (AvgIpc) is 2.88. The van der Waals surface area contributed by atoms with Crippen LogP contribution in [0.2, 0.25) is 0 Å². The molecule has 3 nitrogen and oxygen atoms in total. The van der Waals surface area contributed by atoms with E-state index in [1.54, 1.807) is 5.38 Å². The summed E-state index contributed by atoms with van der Waals surface area (Å²) in [6.07, 6.45) is 0.395. The Bertz CT molecular complexity index is 558. The maximum Gasteiger partial charge on any atom is 0.186 e. The Labute approximate surface area is 117 Å². The molecule has 2 aromatic rings. The molecular formula is C15H18N2OS. The van der Waals surface area contributed by atoms with Crippen LogP contribution in [0.5, 0.6) is 0 Å². The first kappa shape index (κ1) is 13.9. The first-order chi connectivity index (χ1) is 9.10. The van der Waals surface area contributed by atoms with E-state index in [1.807, 2.05) is 12.1 Å². The predicted molar refractivity (Wildman–Crippen MR) is 78.6 cm³/mol. The number of carbonyl (C=O) groups excluding carboxylic acids is 1. The Morgan fingerprint density at radius 1 is 1.32 bits per heavy atom. The smallest absolute Gasteiger partial charge is 0.186 e. The van der Waals surface area contributed by atoms with Crippen LogP contribution in [0, 0.1) is 0 Å². The lowest BCUT2D eigenvalue weighted by atomic mass is 10.00. The number of nitrogens with two attached hydrogens (primary N) is 1. The van der Waals surface area contributed by atoms with Gasteiger partial charge < -0.3 is 5.73 Å². The van der Waals surface area contributed by atoms with Crippen LogP contribution in [0.15, 0.2) is 29.6 Å². The van der Waals surface area contributed by atoms with Crippen LogP contribution >= 0.6 is 11.3 Å². The molecule has 0 spiro atoms. The fourth-order valence-corrected chi connectivity index (χ4v) is 2.51. The predicted octanol–water partition coefficient (Wildman–Crippen LogP) is 3.15. The van der Waals surface area contributed by atoms with Gasteiger partial charge in [-0.3, -0.25) is 4.79 Å². The number of thiazole rings is 1. The molecule has 0 aliphatic heterocycles. The monoisotopic (exact) mass is 274 g/mol. The second kappa shape index (κ2) is 6.08. The summed E-state index contributed by atoms with van der Waals surface area (Å²) >= 11 is 1.44. The van der Waals surface area contributed by atoms with Crippen LogP contribution in [0.4, 0.5) is 0 Å². The number of ketones is 1. The van der Waals surface area contributed by atoms with E-state index in [0.717, 1.165) is 10.6 Å². The largest absolute Gasteiger partial charge is 0.325 e. The Hall–Kier alpha value is -1.52. The van der Waals surface area contributed by atoms with Crippen molar-refractivity contribution in [2.45, 2.75) is 32.7 Å². The van der Waals surface area contributed by atoms with Gasteiger partial charge in [0.05, 0.1) is 0 Å². The fourth-order valence-electron chi connectivity index (χ4n) is 1.83. The van der Waals surface area contributed by atoms with Gasteiger partial charge in [-0.1, -0.05) is 38.1 Å². The molecule has 0 saturated carbocycles. The molecule has 0 aliphatic rings. The van der Waals surface area contributed by atoms with Gasteiger partial charge in [0.1, 0.15) is 10.7 Å². The van der Waals surface area contributed by atoms with Crippen molar-refractivity contribution in [3.05, 3.63) is 51.5 Å². The van der Waals surface area contributed by atoms with Crippen LogP contribution in [0.3, 0.4) is 0 Å². The molecule has 0 amide bonds. The molecule has 0 atom stereocenters. The van der Waals surface area contributed by atoms with E-state index in [1.165, 1.54) is 16.9 Å². The van der Waals surface area contributed by atoms with E-state index in [-0.39, 0.29) is 5.78 Å². The number of rotatable bonds is 5. The maximum absolute atomic E-state index is 12.1. The van der Waals surface area contributed by atoms with Gasteiger partial charge in [-0.25, -0.2) is 4.98 Å². The second-order valence-electron chi connectivity index (χ2n) is 4.83. The van der Waals surface area contributed by atoms with Gasteiger partial charge in [-0.2, -0.15) is 0 Å². The number of nitrogens with zero attached hydrogens (tertiary/aromatic N) is 1. The average molecular weight is 274 g/mol. The summed E-state index contributed by atoms with van der Waals surface area (Å²) in [4.78, 5) is 16.3. The summed E-state index contributed by atoms with van der Waals surface area (Å²) in [6, 6.07) is 8.20. The van der Waals surface area contributed by atoms with Crippen LogP contribution in [0.1, 0.15) is 46.4 Å². The van der Waals surface area contributed by atoms with Gasteiger partial charge in [0, 0.05) is 18.3 Å². The van der Waals surface area contributed by atoms with Gasteiger partial charge in [-0.15, -0.1) is 11.3 Å². The quantitative estimate of drug-likeness (QED) is 0.852. The lowest BCUT2D eigenvalue weighted by molar-refractivity contribution is 0.0988. The highest BCUT2D eigenvalue weighted by molar-refractivity contribution is 7.09. The van der Waals surface area contributed by atoms with Crippen molar-refractivity contribution in [3.8, 4) is 0 Å². The minimum absolute atomic E-state index is 0.0493. The number of hydrogen-bond acceptors (Lipinski definition) is 4. The highest BCUT2D eigenvalue weighted by atomic mass is 32.1.